The molecule has 0 unspecified atom stereocenters. The first kappa shape index (κ1) is 27.6. The molecular formula is C28H32N10O3. The fourth-order valence-electron chi connectivity index (χ4n) is 5.17. The molecule has 5 rings (SSSR count). The van der Waals surface area contributed by atoms with Crippen LogP contribution < -0.4 is 10.2 Å². The highest BCUT2D eigenvalue weighted by molar-refractivity contribution is 5.83. The van der Waals surface area contributed by atoms with Crippen molar-refractivity contribution >= 4 is 23.3 Å². The lowest BCUT2D eigenvalue weighted by Crippen LogP contribution is -2.52. The maximum atomic E-state index is 13.2. The SMILES string of the molecule is CC(C)C[C@@H](CNC(=O)O)C(=O)N1CCN(c2ccc(-c3nc(-c4cnn(C)c4)cn4ncc(C#N)c34)cn2)CC1. The summed E-state index contributed by atoms with van der Waals surface area (Å²) in [6.45, 7) is 6.44. The number of hydrogen-bond acceptors (Lipinski definition) is 8. The van der Waals surface area contributed by atoms with Crippen molar-refractivity contribution in [2.24, 2.45) is 18.9 Å². The number of amides is 2. The van der Waals surface area contributed by atoms with Gasteiger partial charge in [-0.25, -0.2) is 19.3 Å². The summed E-state index contributed by atoms with van der Waals surface area (Å²) >= 11 is 0. The van der Waals surface area contributed by atoms with Gasteiger partial charge in [-0.2, -0.15) is 15.5 Å². The number of hydrogen-bond donors (Lipinski definition) is 2. The molecule has 41 heavy (non-hydrogen) atoms. The molecule has 0 aliphatic carbocycles. The third-order valence-corrected chi connectivity index (χ3v) is 7.16. The fraction of sp³-hybridized carbons (Fsp3) is 0.393. The van der Waals surface area contributed by atoms with Crippen LogP contribution in [0.25, 0.3) is 28.0 Å². The highest BCUT2D eigenvalue weighted by atomic mass is 16.4. The minimum Gasteiger partial charge on any atom is -0.465 e. The molecule has 4 aromatic rings. The number of carbonyl (C=O) groups excluding carboxylic acids is 1. The first-order valence-corrected chi connectivity index (χ1v) is 13.5. The number of pyridine rings is 1. The van der Waals surface area contributed by atoms with E-state index in [2.05, 4.69) is 26.5 Å². The van der Waals surface area contributed by atoms with Crippen LogP contribution in [0.1, 0.15) is 25.8 Å². The number of nitrogens with one attached hydrogen (secondary N) is 1. The number of carbonyl (C=O) groups is 2. The number of anilines is 1. The van der Waals surface area contributed by atoms with E-state index >= 15 is 0 Å². The van der Waals surface area contributed by atoms with Crippen molar-refractivity contribution in [3.8, 4) is 28.6 Å². The molecular weight excluding hydrogens is 524 g/mol. The summed E-state index contributed by atoms with van der Waals surface area (Å²) in [5.41, 5.74) is 3.88. The predicted octanol–water partition coefficient (Wildman–Crippen LogP) is 2.64. The summed E-state index contributed by atoms with van der Waals surface area (Å²) in [6.07, 6.45) is 8.14. The zero-order valence-corrected chi connectivity index (χ0v) is 23.2. The van der Waals surface area contributed by atoms with Gasteiger partial charge in [0.15, 0.2) is 0 Å². The zero-order valence-electron chi connectivity index (χ0n) is 23.2. The van der Waals surface area contributed by atoms with Gasteiger partial charge in [-0.1, -0.05) is 13.8 Å². The van der Waals surface area contributed by atoms with Crippen LogP contribution in [0, 0.1) is 23.2 Å². The largest absolute Gasteiger partial charge is 0.465 e. The number of rotatable bonds is 8. The van der Waals surface area contributed by atoms with E-state index in [-0.39, 0.29) is 24.3 Å². The van der Waals surface area contributed by atoms with Crippen molar-refractivity contribution < 1.29 is 14.7 Å². The van der Waals surface area contributed by atoms with Gasteiger partial charge >= 0.3 is 6.09 Å². The number of fused-ring (bicyclic) bond motifs is 1. The smallest absolute Gasteiger partial charge is 0.404 e. The van der Waals surface area contributed by atoms with E-state index in [1.54, 1.807) is 27.8 Å². The van der Waals surface area contributed by atoms with Gasteiger partial charge in [0.25, 0.3) is 0 Å². The molecule has 1 atom stereocenters. The van der Waals surface area contributed by atoms with Crippen LogP contribution in [0.4, 0.5) is 10.6 Å². The summed E-state index contributed by atoms with van der Waals surface area (Å²) in [5, 5.41) is 29.6. The van der Waals surface area contributed by atoms with Crippen molar-refractivity contribution in [3.63, 3.8) is 0 Å². The molecule has 1 aliphatic heterocycles. The quantitative estimate of drug-likeness (QED) is 0.333. The zero-order chi connectivity index (χ0) is 29.1. The third-order valence-electron chi connectivity index (χ3n) is 7.16. The number of nitriles is 1. The Balaban J connectivity index is 1.33. The molecule has 5 heterocycles. The lowest BCUT2D eigenvalue weighted by molar-refractivity contribution is -0.136. The van der Waals surface area contributed by atoms with Crippen molar-refractivity contribution in [3.05, 3.63) is 48.7 Å². The second-order valence-corrected chi connectivity index (χ2v) is 10.6. The molecule has 2 amide bonds. The Kier molecular flexibility index (Phi) is 7.82. The minimum absolute atomic E-state index is 0.0203. The molecule has 1 fully saturated rings. The van der Waals surface area contributed by atoms with Gasteiger partial charge in [0, 0.05) is 63.3 Å². The first-order chi connectivity index (χ1) is 19.7. The minimum atomic E-state index is -1.12. The maximum absolute atomic E-state index is 13.2. The van der Waals surface area contributed by atoms with E-state index < -0.39 is 6.09 Å². The Morgan fingerprint density at radius 1 is 1.07 bits per heavy atom. The molecule has 0 aromatic carbocycles. The summed E-state index contributed by atoms with van der Waals surface area (Å²) in [6, 6.07) is 6.05. The summed E-state index contributed by atoms with van der Waals surface area (Å²) in [5.74, 6) is 0.647. The van der Waals surface area contributed by atoms with Crippen LogP contribution >= 0.6 is 0 Å². The molecule has 13 nitrogen and oxygen atoms in total. The highest BCUT2D eigenvalue weighted by Gasteiger charge is 2.29. The second-order valence-electron chi connectivity index (χ2n) is 10.6. The number of aryl methyl sites for hydroxylation is 1. The van der Waals surface area contributed by atoms with Crippen LogP contribution in [0.15, 0.2) is 43.1 Å². The summed E-state index contributed by atoms with van der Waals surface area (Å²) in [7, 11) is 1.84. The van der Waals surface area contributed by atoms with Crippen molar-refractivity contribution in [2.45, 2.75) is 20.3 Å². The predicted molar refractivity (Wildman–Crippen MR) is 151 cm³/mol. The molecule has 0 radical (unpaired) electrons. The molecule has 13 heteroatoms. The first-order valence-electron chi connectivity index (χ1n) is 13.5. The van der Waals surface area contributed by atoms with Crippen LogP contribution in [0.3, 0.4) is 0 Å². The Bertz CT molecular complexity index is 1590. The van der Waals surface area contributed by atoms with E-state index in [0.717, 1.165) is 16.9 Å². The summed E-state index contributed by atoms with van der Waals surface area (Å²) in [4.78, 5) is 37.7. The van der Waals surface area contributed by atoms with Crippen molar-refractivity contribution in [1.29, 1.82) is 5.26 Å². The van der Waals surface area contributed by atoms with Gasteiger partial charge in [-0.3, -0.25) is 9.48 Å². The van der Waals surface area contributed by atoms with E-state index in [1.807, 2.05) is 44.1 Å². The molecule has 4 aromatic heterocycles. The average molecular weight is 557 g/mol. The molecule has 1 saturated heterocycles. The molecule has 0 bridgehead atoms. The van der Waals surface area contributed by atoms with E-state index in [9.17, 15) is 14.9 Å². The van der Waals surface area contributed by atoms with Crippen LogP contribution in [-0.4, -0.2) is 84.1 Å². The van der Waals surface area contributed by atoms with E-state index in [4.69, 9.17) is 15.1 Å². The number of nitrogens with zero attached hydrogens (tertiary/aromatic N) is 9. The van der Waals surface area contributed by atoms with Gasteiger partial charge in [0.1, 0.15) is 23.0 Å². The highest BCUT2D eigenvalue weighted by Crippen LogP contribution is 2.29. The van der Waals surface area contributed by atoms with Gasteiger partial charge in [-0.05, 0) is 24.5 Å². The monoisotopic (exact) mass is 556 g/mol. The fourth-order valence-corrected chi connectivity index (χ4v) is 5.17. The van der Waals surface area contributed by atoms with E-state index in [0.29, 0.717) is 55.1 Å². The van der Waals surface area contributed by atoms with Gasteiger partial charge in [0.05, 0.1) is 35.9 Å². The molecule has 0 saturated carbocycles. The van der Waals surface area contributed by atoms with Crippen LogP contribution in [0.2, 0.25) is 0 Å². The van der Waals surface area contributed by atoms with Crippen LogP contribution in [0.5, 0.6) is 0 Å². The normalized spacial score (nSPS) is 14.3. The molecule has 2 N–H and O–H groups in total. The molecule has 1 aliphatic rings. The number of piperazine rings is 1. The number of carboxylic acid groups (broad SMARTS) is 1. The molecule has 212 valence electrons. The Hall–Kier alpha value is -4.99. The number of aromatic nitrogens is 6. The van der Waals surface area contributed by atoms with E-state index in [1.165, 1.54) is 6.20 Å². The van der Waals surface area contributed by atoms with Crippen molar-refractivity contribution in [1.82, 2.24) is 39.6 Å². The Morgan fingerprint density at radius 3 is 2.46 bits per heavy atom. The third kappa shape index (κ3) is 5.96. The molecule has 0 spiro atoms. The standard InChI is InChI=1S/C28H32N10O3/c1-18(2)10-20(13-31-28(40)41)27(39)37-8-6-36(7-9-37)24-5-4-19(12-30-24)25-26-21(11-29)14-33-38(26)17-23(34-25)22-15-32-35(3)16-22/h4-5,12,14-18,20,31H,6-10,13H2,1-3H3,(H,40,41)/t20-/m0/s1. The van der Waals surface area contributed by atoms with Crippen molar-refractivity contribution in [2.75, 3.05) is 37.6 Å². The summed E-state index contributed by atoms with van der Waals surface area (Å²) < 4.78 is 3.36. The Labute approximate surface area is 237 Å². The average Bonchev–Trinajstić information content (AvgIpc) is 3.60. The van der Waals surface area contributed by atoms with Gasteiger partial charge in [0.2, 0.25) is 5.91 Å². The van der Waals surface area contributed by atoms with Gasteiger partial charge in [-0.15, -0.1) is 0 Å². The van der Waals surface area contributed by atoms with Gasteiger partial charge < -0.3 is 20.2 Å². The van der Waals surface area contributed by atoms with Crippen LogP contribution in [-0.2, 0) is 11.8 Å². The lowest BCUT2D eigenvalue weighted by atomic mass is 9.95. The topological polar surface area (TPSA) is 158 Å². The second kappa shape index (κ2) is 11.6. The lowest BCUT2D eigenvalue weighted by Gasteiger charge is -2.37. The Morgan fingerprint density at radius 2 is 1.85 bits per heavy atom. The maximum Gasteiger partial charge on any atom is 0.404 e.